The quantitative estimate of drug-likeness (QED) is 0.187. The number of fused-ring (bicyclic) bond motifs is 1. The van der Waals surface area contributed by atoms with E-state index >= 15 is 0 Å². The second-order valence-electron chi connectivity index (χ2n) is 10.8. The zero-order valence-electron chi connectivity index (χ0n) is 22.3. The SMILES string of the molecule is Fc1ccc(-c2c(C[PH](c3ccccc3)(c3ccccc3)c3ccccc3)c(C3CC3)nc3ccccc23)cc1. The second kappa shape index (κ2) is 10.5. The number of aromatic nitrogens is 1. The number of hydrogen-bond donors (Lipinski definition) is 0. The summed E-state index contributed by atoms with van der Waals surface area (Å²) in [6.45, 7) is 0. The Morgan fingerprint density at radius 2 is 1.10 bits per heavy atom. The van der Waals surface area contributed by atoms with Crippen molar-refractivity contribution in [3.8, 4) is 11.1 Å². The maximum atomic E-state index is 14.2. The predicted molar refractivity (Wildman–Crippen MR) is 169 cm³/mol. The number of rotatable bonds is 7. The molecule has 1 aliphatic carbocycles. The summed E-state index contributed by atoms with van der Waals surface area (Å²) < 4.78 is 14.2. The van der Waals surface area contributed by atoms with E-state index in [1.807, 2.05) is 12.1 Å². The average Bonchev–Trinajstić information content (AvgIpc) is 3.87. The van der Waals surface area contributed by atoms with Crippen molar-refractivity contribution >= 4 is 34.1 Å². The first-order chi connectivity index (χ1) is 19.7. The Hall–Kier alpha value is -4.13. The van der Waals surface area contributed by atoms with Gasteiger partial charge >= 0.3 is 236 Å². The van der Waals surface area contributed by atoms with Gasteiger partial charge in [-0.3, -0.25) is 0 Å². The van der Waals surface area contributed by atoms with Crippen molar-refractivity contribution in [3.63, 3.8) is 0 Å². The van der Waals surface area contributed by atoms with Crippen LogP contribution in [0.1, 0.15) is 30.0 Å². The van der Waals surface area contributed by atoms with Gasteiger partial charge in [0.25, 0.3) is 0 Å². The van der Waals surface area contributed by atoms with Crippen LogP contribution >= 0.6 is 7.26 Å². The van der Waals surface area contributed by atoms with Gasteiger partial charge < -0.3 is 0 Å². The van der Waals surface area contributed by atoms with E-state index in [1.54, 1.807) is 12.1 Å². The van der Waals surface area contributed by atoms with Crippen LogP contribution in [0.25, 0.3) is 22.0 Å². The van der Waals surface area contributed by atoms with E-state index in [9.17, 15) is 4.39 Å². The molecule has 0 spiro atoms. The summed E-state index contributed by atoms with van der Waals surface area (Å²) in [7, 11) is -2.59. The molecular weight excluding hydrogens is 508 g/mol. The van der Waals surface area contributed by atoms with Gasteiger partial charge in [0.1, 0.15) is 0 Å². The Morgan fingerprint density at radius 1 is 0.600 bits per heavy atom. The molecule has 1 saturated carbocycles. The first kappa shape index (κ1) is 24.9. The average molecular weight is 540 g/mol. The molecular formula is C37H31FNP. The zero-order valence-corrected chi connectivity index (χ0v) is 23.3. The van der Waals surface area contributed by atoms with E-state index in [2.05, 4.69) is 115 Å². The molecule has 0 N–H and O–H groups in total. The standard InChI is InChI=1S/C37H31FNP/c38-29-24-22-27(23-25-29)36-33-18-10-11-19-35(33)39-37(28-20-21-28)34(36)26-40(30-12-4-1-5-13-30,31-14-6-2-7-15-31)32-16-8-3-9-17-32/h1-19,22-25,28,40H,20-21,26H2. The fourth-order valence-electron chi connectivity index (χ4n) is 6.33. The fourth-order valence-corrected chi connectivity index (χ4v) is 11.1. The van der Waals surface area contributed by atoms with E-state index in [-0.39, 0.29) is 5.82 Å². The Bertz CT molecular complexity index is 1670. The molecule has 0 unspecified atom stereocenters. The van der Waals surface area contributed by atoms with Crippen molar-refractivity contribution in [1.82, 2.24) is 4.98 Å². The minimum atomic E-state index is -2.59. The van der Waals surface area contributed by atoms with E-state index in [0.717, 1.165) is 35.5 Å². The van der Waals surface area contributed by atoms with Gasteiger partial charge in [-0.1, -0.05) is 0 Å². The zero-order chi connectivity index (χ0) is 26.9. The molecule has 1 nitrogen and oxygen atoms in total. The molecule has 1 fully saturated rings. The topological polar surface area (TPSA) is 12.9 Å². The van der Waals surface area contributed by atoms with E-state index < -0.39 is 7.26 Å². The van der Waals surface area contributed by atoms with Gasteiger partial charge in [-0.05, 0) is 0 Å². The van der Waals surface area contributed by atoms with Crippen molar-refractivity contribution in [2.24, 2.45) is 0 Å². The van der Waals surface area contributed by atoms with Gasteiger partial charge in [-0.15, -0.1) is 0 Å². The normalized spacial score (nSPS) is 13.8. The Morgan fingerprint density at radius 3 is 1.62 bits per heavy atom. The molecule has 1 aliphatic rings. The molecule has 5 aromatic carbocycles. The van der Waals surface area contributed by atoms with Crippen molar-refractivity contribution in [2.75, 3.05) is 0 Å². The summed E-state index contributed by atoms with van der Waals surface area (Å²) in [6.07, 6.45) is 3.21. The Kier molecular flexibility index (Phi) is 6.50. The van der Waals surface area contributed by atoms with Crippen LogP contribution < -0.4 is 15.9 Å². The van der Waals surface area contributed by atoms with Crippen LogP contribution in [0.5, 0.6) is 0 Å². The predicted octanol–water partition coefficient (Wildman–Crippen LogP) is 8.14. The molecule has 1 aromatic heterocycles. The molecule has 3 heteroatoms. The number of halogens is 1. The minimum absolute atomic E-state index is 0.215. The summed E-state index contributed by atoms with van der Waals surface area (Å²) in [6, 6.07) is 48.7. The van der Waals surface area contributed by atoms with Crippen LogP contribution in [-0.2, 0) is 6.16 Å². The van der Waals surface area contributed by atoms with E-state index in [4.69, 9.17) is 4.98 Å². The summed E-state index contributed by atoms with van der Waals surface area (Å²) >= 11 is 0. The van der Waals surface area contributed by atoms with E-state index in [0.29, 0.717) is 5.92 Å². The monoisotopic (exact) mass is 539 g/mol. The molecule has 0 atom stereocenters. The second-order valence-corrected chi connectivity index (χ2v) is 14.7. The molecule has 0 amide bonds. The van der Waals surface area contributed by atoms with Crippen molar-refractivity contribution in [2.45, 2.75) is 24.9 Å². The molecule has 0 saturated heterocycles. The van der Waals surface area contributed by atoms with Gasteiger partial charge in [0.05, 0.1) is 0 Å². The van der Waals surface area contributed by atoms with Gasteiger partial charge in [-0.2, -0.15) is 0 Å². The summed E-state index contributed by atoms with van der Waals surface area (Å²) in [4.78, 5) is 5.35. The van der Waals surface area contributed by atoms with E-state index in [1.165, 1.54) is 32.7 Å². The fraction of sp³-hybridized carbons (Fsp3) is 0.108. The van der Waals surface area contributed by atoms with Crippen molar-refractivity contribution < 1.29 is 4.39 Å². The first-order valence-electron chi connectivity index (χ1n) is 14.1. The molecule has 0 bridgehead atoms. The van der Waals surface area contributed by atoms with Gasteiger partial charge in [0.15, 0.2) is 0 Å². The third-order valence-corrected chi connectivity index (χ3v) is 13.2. The molecule has 0 aliphatic heterocycles. The third kappa shape index (κ3) is 4.43. The Balaban J connectivity index is 1.59. The van der Waals surface area contributed by atoms with Crippen LogP contribution in [0.15, 0.2) is 140 Å². The van der Waals surface area contributed by atoms with Crippen LogP contribution in [0.4, 0.5) is 4.39 Å². The first-order valence-corrected chi connectivity index (χ1v) is 16.3. The molecule has 6 aromatic rings. The summed E-state index contributed by atoms with van der Waals surface area (Å²) in [5.74, 6) is 0.250. The molecule has 0 radical (unpaired) electrons. The van der Waals surface area contributed by atoms with Crippen LogP contribution in [0, 0.1) is 5.82 Å². The summed E-state index contributed by atoms with van der Waals surface area (Å²) in [5.41, 5.74) is 5.80. The molecule has 196 valence electrons. The summed E-state index contributed by atoms with van der Waals surface area (Å²) in [5, 5.41) is 5.28. The van der Waals surface area contributed by atoms with Crippen LogP contribution in [0.2, 0.25) is 0 Å². The van der Waals surface area contributed by atoms with Crippen molar-refractivity contribution in [1.29, 1.82) is 0 Å². The molecule has 1 heterocycles. The van der Waals surface area contributed by atoms with Crippen LogP contribution in [0.3, 0.4) is 0 Å². The number of para-hydroxylation sites is 1. The maximum absolute atomic E-state index is 14.2. The van der Waals surface area contributed by atoms with Crippen LogP contribution in [-0.4, -0.2) is 4.98 Å². The van der Waals surface area contributed by atoms with Gasteiger partial charge in [0, 0.05) is 0 Å². The van der Waals surface area contributed by atoms with Gasteiger partial charge in [-0.25, -0.2) is 0 Å². The Labute approximate surface area is 235 Å². The number of nitrogens with zero attached hydrogens (tertiary/aromatic N) is 1. The number of hydrogen-bond acceptors (Lipinski definition) is 1. The number of pyridine rings is 1. The number of benzene rings is 5. The third-order valence-electron chi connectivity index (χ3n) is 8.36. The molecule has 7 rings (SSSR count). The molecule has 40 heavy (non-hydrogen) atoms. The van der Waals surface area contributed by atoms with Gasteiger partial charge in [0.2, 0.25) is 0 Å². The van der Waals surface area contributed by atoms with Crippen molar-refractivity contribution in [3.05, 3.63) is 157 Å².